The van der Waals surface area contributed by atoms with Crippen LogP contribution in [0.1, 0.15) is 28.8 Å². The summed E-state index contributed by atoms with van der Waals surface area (Å²) in [5.74, 6) is -0.398. The summed E-state index contributed by atoms with van der Waals surface area (Å²) in [7, 11) is 0. The van der Waals surface area contributed by atoms with Gasteiger partial charge in [0.1, 0.15) is 0 Å². The number of halogens is 4. The second-order valence-electron chi connectivity index (χ2n) is 4.67. The van der Waals surface area contributed by atoms with Gasteiger partial charge >= 0.3 is 6.18 Å². The largest absolute Gasteiger partial charge is 0.416 e. The smallest absolute Gasteiger partial charge is 0.332 e. The minimum Gasteiger partial charge on any atom is -0.332 e. The van der Waals surface area contributed by atoms with Gasteiger partial charge in [-0.25, -0.2) is 0 Å². The lowest BCUT2D eigenvalue weighted by molar-refractivity contribution is -0.137. The summed E-state index contributed by atoms with van der Waals surface area (Å²) in [5, 5.41) is 0. The highest BCUT2D eigenvalue weighted by atomic mass is 79.9. The minimum atomic E-state index is -4.46. The Labute approximate surface area is 123 Å². The molecular formula is C14H13BrF3NO. The molecule has 1 aliphatic carbocycles. The Hall–Kier alpha value is -1.30. The van der Waals surface area contributed by atoms with Crippen molar-refractivity contribution in [3.63, 3.8) is 0 Å². The van der Waals surface area contributed by atoms with Crippen LogP contribution in [-0.4, -0.2) is 23.4 Å². The standard InChI is InChI=1S/C14H13BrF3NO/c1-2-7-19(10-4-5-10)13(20)11-8-9(14(16,17)18)3-6-12(11)15/h2-3,6,8,10H,1,4-5,7H2. The number of benzene rings is 1. The normalized spacial score (nSPS) is 15.0. The fraction of sp³-hybridized carbons (Fsp3) is 0.357. The maximum Gasteiger partial charge on any atom is 0.416 e. The summed E-state index contributed by atoms with van der Waals surface area (Å²) in [6.07, 6.45) is -1.11. The minimum absolute atomic E-state index is 0.0357. The van der Waals surface area contributed by atoms with Gasteiger partial charge in [-0.1, -0.05) is 6.08 Å². The topological polar surface area (TPSA) is 20.3 Å². The molecule has 1 aliphatic rings. The van der Waals surface area contributed by atoms with Crippen molar-refractivity contribution in [2.45, 2.75) is 25.1 Å². The van der Waals surface area contributed by atoms with E-state index >= 15 is 0 Å². The Balaban J connectivity index is 2.35. The number of rotatable bonds is 4. The fourth-order valence-electron chi connectivity index (χ4n) is 1.94. The number of hydrogen-bond donors (Lipinski definition) is 0. The van der Waals surface area contributed by atoms with E-state index in [2.05, 4.69) is 22.5 Å². The molecule has 6 heteroatoms. The predicted molar refractivity (Wildman–Crippen MR) is 73.4 cm³/mol. The number of amides is 1. The molecule has 1 saturated carbocycles. The summed E-state index contributed by atoms with van der Waals surface area (Å²) >= 11 is 3.15. The van der Waals surface area contributed by atoms with E-state index in [1.54, 1.807) is 11.0 Å². The lowest BCUT2D eigenvalue weighted by Crippen LogP contribution is -2.33. The quantitative estimate of drug-likeness (QED) is 0.745. The van der Waals surface area contributed by atoms with Crippen LogP contribution in [0.4, 0.5) is 13.2 Å². The van der Waals surface area contributed by atoms with Crippen LogP contribution in [-0.2, 0) is 6.18 Å². The molecule has 1 fully saturated rings. The van der Waals surface area contributed by atoms with Crippen molar-refractivity contribution in [2.24, 2.45) is 0 Å². The van der Waals surface area contributed by atoms with Gasteiger partial charge in [-0.15, -0.1) is 6.58 Å². The molecule has 2 rings (SSSR count). The van der Waals surface area contributed by atoms with Crippen LogP contribution < -0.4 is 0 Å². The van der Waals surface area contributed by atoms with Crippen molar-refractivity contribution in [2.75, 3.05) is 6.54 Å². The summed E-state index contributed by atoms with van der Waals surface area (Å²) in [6, 6.07) is 3.22. The molecule has 0 heterocycles. The molecule has 0 N–H and O–H groups in total. The summed E-state index contributed by atoms with van der Waals surface area (Å²) < 4.78 is 38.5. The molecule has 0 atom stereocenters. The Morgan fingerprint density at radius 1 is 1.45 bits per heavy atom. The molecule has 0 bridgehead atoms. The molecule has 2 nitrogen and oxygen atoms in total. The first-order valence-electron chi connectivity index (χ1n) is 6.13. The Bertz CT molecular complexity index is 538. The zero-order valence-corrected chi connectivity index (χ0v) is 12.2. The number of nitrogens with zero attached hydrogens (tertiary/aromatic N) is 1. The third-order valence-corrected chi connectivity index (χ3v) is 3.79. The van der Waals surface area contributed by atoms with Crippen LogP contribution in [0, 0.1) is 0 Å². The van der Waals surface area contributed by atoms with Gasteiger partial charge in [0.15, 0.2) is 0 Å². The van der Waals surface area contributed by atoms with E-state index in [0.717, 1.165) is 25.0 Å². The van der Waals surface area contributed by atoms with Crippen LogP contribution in [0.25, 0.3) is 0 Å². The van der Waals surface area contributed by atoms with Crippen molar-refractivity contribution in [1.29, 1.82) is 0 Å². The molecule has 108 valence electrons. The van der Waals surface area contributed by atoms with E-state index in [-0.39, 0.29) is 11.6 Å². The van der Waals surface area contributed by atoms with Gasteiger partial charge in [-0.2, -0.15) is 13.2 Å². The number of alkyl halides is 3. The summed E-state index contributed by atoms with van der Waals surface area (Å²) in [6.45, 7) is 3.92. The molecule has 0 spiro atoms. The molecule has 20 heavy (non-hydrogen) atoms. The highest BCUT2D eigenvalue weighted by Crippen LogP contribution is 2.34. The van der Waals surface area contributed by atoms with Gasteiger partial charge in [0.25, 0.3) is 5.91 Å². The lowest BCUT2D eigenvalue weighted by Gasteiger charge is -2.22. The van der Waals surface area contributed by atoms with Crippen LogP contribution in [0.5, 0.6) is 0 Å². The lowest BCUT2D eigenvalue weighted by atomic mass is 10.1. The Morgan fingerprint density at radius 3 is 2.60 bits per heavy atom. The van der Waals surface area contributed by atoms with E-state index in [0.29, 0.717) is 11.0 Å². The molecule has 0 aliphatic heterocycles. The van der Waals surface area contributed by atoms with E-state index in [1.807, 2.05) is 0 Å². The van der Waals surface area contributed by atoms with Crippen molar-refractivity contribution in [3.05, 3.63) is 46.5 Å². The molecule has 1 aromatic rings. The SMILES string of the molecule is C=CCN(C(=O)c1cc(C(F)(F)F)ccc1Br)C1CC1. The first-order valence-corrected chi connectivity index (χ1v) is 6.92. The number of carbonyl (C=O) groups excluding carboxylic acids is 1. The maximum absolute atomic E-state index is 12.7. The number of carbonyl (C=O) groups is 1. The molecule has 0 saturated heterocycles. The van der Waals surface area contributed by atoms with Crippen molar-refractivity contribution < 1.29 is 18.0 Å². The Morgan fingerprint density at radius 2 is 2.10 bits per heavy atom. The van der Waals surface area contributed by atoms with E-state index in [1.165, 1.54) is 6.07 Å². The Kier molecular flexibility index (Phi) is 4.22. The van der Waals surface area contributed by atoms with Gasteiger partial charge in [0.05, 0.1) is 11.1 Å². The van der Waals surface area contributed by atoms with Crippen LogP contribution in [0.15, 0.2) is 35.3 Å². The average Bonchev–Trinajstić information content (AvgIpc) is 3.18. The zero-order valence-electron chi connectivity index (χ0n) is 10.6. The zero-order chi connectivity index (χ0) is 14.9. The van der Waals surface area contributed by atoms with Crippen LogP contribution in [0.2, 0.25) is 0 Å². The van der Waals surface area contributed by atoms with Crippen LogP contribution in [0.3, 0.4) is 0 Å². The molecule has 1 amide bonds. The van der Waals surface area contributed by atoms with Gasteiger partial charge < -0.3 is 4.90 Å². The second kappa shape index (κ2) is 5.60. The first kappa shape index (κ1) is 15.1. The third kappa shape index (κ3) is 3.23. The fourth-order valence-corrected chi connectivity index (χ4v) is 2.36. The first-order chi connectivity index (χ1) is 9.34. The van der Waals surface area contributed by atoms with Gasteiger partial charge in [0.2, 0.25) is 0 Å². The highest BCUT2D eigenvalue weighted by molar-refractivity contribution is 9.10. The second-order valence-corrected chi connectivity index (χ2v) is 5.52. The molecule has 0 aromatic heterocycles. The third-order valence-electron chi connectivity index (χ3n) is 3.10. The van der Waals surface area contributed by atoms with Crippen molar-refractivity contribution in [1.82, 2.24) is 4.90 Å². The molecule has 0 unspecified atom stereocenters. The van der Waals surface area contributed by atoms with Gasteiger partial charge in [-0.05, 0) is 47.0 Å². The maximum atomic E-state index is 12.7. The predicted octanol–water partition coefficient (Wildman–Crippen LogP) is 4.26. The molecular weight excluding hydrogens is 335 g/mol. The van der Waals surface area contributed by atoms with E-state index in [9.17, 15) is 18.0 Å². The highest BCUT2D eigenvalue weighted by Gasteiger charge is 2.35. The van der Waals surface area contributed by atoms with Gasteiger partial charge in [0, 0.05) is 17.1 Å². The monoisotopic (exact) mass is 347 g/mol. The van der Waals surface area contributed by atoms with Crippen LogP contribution >= 0.6 is 15.9 Å². The molecule has 0 radical (unpaired) electrons. The van der Waals surface area contributed by atoms with Crippen molar-refractivity contribution in [3.8, 4) is 0 Å². The van der Waals surface area contributed by atoms with Gasteiger partial charge in [-0.3, -0.25) is 4.79 Å². The summed E-state index contributed by atoms with van der Waals surface area (Å²) in [4.78, 5) is 14.0. The van der Waals surface area contributed by atoms with Crippen molar-refractivity contribution >= 4 is 21.8 Å². The van der Waals surface area contributed by atoms with E-state index < -0.39 is 17.6 Å². The molecule has 1 aromatic carbocycles. The average molecular weight is 348 g/mol. The summed E-state index contributed by atoms with van der Waals surface area (Å²) in [5.41, 5.74) is -0.785. The van der Waals surface area contributed by atoms with E-state index in [4.69, 9.17) is 0 Å². The number of hydrogen-bond acceptors (Lipinski definition) is 1.